The van der Waals surface area contributed by atoms with Crippen LogP contribution in [-0.2, 0) is 20.7 Å². The molecule has 1 fully saturated rings. The van der Waals surface area contributed by atoms with E-state index in [2.05, 4.69) is 0 Å². The SMILES string of the molecule is O=C(O)C1COCCN1C(=O)CCc1ccc(F)cc1. The van der Waals surface area contributed by atoms with Crippen LogP contribution in [0.3, 0.4) is 0 Å². The standard InChI is InChI=1S/C14H16FNO4/c15-11-4-1-10(2-5-11)3-6-13(17)16-7-8-20-9-12(16)14(18)19/h1-2,4-5,12H,3,6-9H2,(H,18,19). The monoisotopic (exact) mass is 281 g/mol. The molecule has 6 heteroatoms. The molecule has 1 saturated heterocycles. The summed E-state index contributed by atoms with van der Waals surface area (Å²) in [5.74, 6) is -1.59. The number of aryl methyl sites for hydroxylation is 1. The zero-order chi connectivity index (χ0) is 14.5. The van der Waals surface area contributed by atoms with E-state index in [1.807, 2.05) is 0 Å². The van der Waals surface area contributed by atoms with E-state index in [4.69, 9.17) is 9.84 Å². The van der Waals surface area contributed by atoms with Crippen molar-refractivity contribution in [1.82, 2.24) is 4.90 Å². The van der Waals surface area contributed by atoms with Crippen molar-refractivity contribution in [2.75, 3.05) is 19.8 Å². The van der Waals surface area contributed by atoms with Gasteiger partial charge in [-0.25, -0.2) is 9.18 Å². The topological polar surface area (TPSA) is 66.8 Å². The summed E-state index contributed by atoms with van der Waals surface area (Å²) >= 11 is 0. The second-order valence-electron chi connectivity index (χ2n) is 4.64. The van der Waals surface area contributed by atoms with Gasteiger partial charge in [0.15, 0.2) is 6.04 Å². The zero-order valence-corrected chi connectivity index (χ0v) is 10.9. The summed E-state index contributed by atoms with van der Waals surface area (Å²) in [5, 5.41) is 9.06. The van der Waals surface area contributed by atoms with E-state index in [-0.39, 0.29) is 24.8 Å². The maximum absolute atomic E-state index is 12.8. The van der Waals surface area contributed by atoms with Crippen molar-refractivity contribution in [3.63, 3.8) is 0 Å². The van der Waals surface area contributed by atoms with E-state index in [1.54, 1.807) is 12.1 Å². The predicted octanol–water partition coefficient (Wildman–Crippen LogP) is 1.07. The summed E-state index contributed by atoms with van der Waals surface area (Å²) < 4.78 is 17.8. The normalized spacial score (nSPS) is 18.9. The van der Waals surface area contributed by atoms with Gasteiger partial charge >= 0.3 is 5.97 Å². The lowest BCUT2D eigenvalue weighted by Gasteiger charge is -2.32. The molecule has 1 aromatic carbocycles. The lowest BCUT2D eigenvalue weighted by Crippen LogP contribution is -2.52. The number of halogens is 1. The summed E-state index contributed by atoms with van der Waals surface area (Å²) in [6.45, 7) is 0.670. The molecular formula is C14H16FNO4. The van der Waals surface area contributed by atoms with Crippen molar-refractivity contribution in [3.8, 4) is 0 Å². The van der Waals surface area contributed by atoms with E-state index >= 15 is 0 Å². The molecule has 0 bridgehead atoms. The van der Waals surface area contributed by atoms with Gasteiger partial charge in [0.1, 0.15) is 5.82 Å². The Hall–Kier alpha value is -1.95. The Kier molecular flexibility index (Phi) is 4.68. The molecule has 1 aromatic rings. The molecule has 1 aliphatic rings. The first-order valence-electron chi connectivity index (χ1n) is 6.42. The van der Waals surface area contributed by atoms with Crippen LogP contribution < -0.4 is 0 Å². The first-order valence-corrected chi connectivity index (χ1v) is 6.42. The Labute approximate surface area is 116 Å². The molecule has 5 nitrogen and oxygen atoms in total. The highest BCUT2D eigenvalue weighted by atomic mass is 19.1. The fraction of sp³-hybridized carbons (Fsp3) is 0.429. The van der Waals surface area contributed by atoms with Crippen molar-refractivity contribution < 1.29 is 23.8 Å². The third-order valence-electron chi connectivity index (χ3n) is 3.27. The van der Waals surface area contributed by atoms with Crippen LogP contribution in [0.25, 0.3) is 0 Å². The van der Waals surface area contributed by atoms with Crippen molar-refractivity contribution in [1.29, 1.82) is 0 Å². The van der Waals surface area contributed by atoms with Crippen molar-refractivity contribution >= 4 is 11.9 Å². The lowest BCUT2D eigenvalue weighted by molar-refractivity contribution is -0.158. The summed E-state index contributed by atoms with van der Waals surface area (Å²) in [4.78, 5) is 24.5. The molecule has 2 rings (SSSR count). The molecule has 108 valence electrons. The Bertz CT molecular complexity index is 488. The Morgan fingerprint density at radius 3 is 2.70 bits per heavy atom. The van der Waals surface area contributed by atoms with Gasteiger partial charge in [0, 0.05) is 13.0 Å². The quantitative estimate of drug-likeness (QED) is 0.896. The number of carbonyl (C=O) groups excluding carboxylic acids is 1. The van der Waals surface area contributed by atoms with E-state index in [1.165, 1.54) is 17.0 Å². The molecule has 20 heavy (non-hydrogen) atoms. The summed E-state index contributed by atoms with van der Waals surface area (Å²) in [5.41, 5.74) is 0.847. The number of aliphatic carboxylic acids is 1. The first-order chi connectivity index (χ1) is 9.58. The van der Waals surface area contributed by atoms with E-state index in [9.17, 15) is 14.0 Å². The highest BCUT2D eigenvalue weighted by molar-refractivity contribution is 5.84. The predicted molar refractivity (Wildman–Crippen MR) is 68.7 cm³/mol. The Balaban J connectivity index is 1.93. The maximum Gasteiger partial charge on any atom is 0.328 e. The molecular weight excluding hydrogens is 265 g/mol. The number of benzene rings is 1. The maximum atomic E-state index is 12.8. The first kappa shape index (κ1) is 14.5. The molecule has 1 atom stereocenters. The second-order valence-corrected chi connectivity index (χ2v) is 4.64. The van der Waals surface area contributed by atoms with Crippen LogP contribution in [0, 0.1) is 5.82 Å². The number of hydrogen-bond acceptors (Lipinski definition) is 3. The van der Waals surface area contributed by atoms with E-state index < -0.39 is 12.0 Å². The smallest absolute Gasteiger partial charge is 0.328 e. The lowest BCUT2D eigenvalue weighted by atomic mass is 10.1. The van der Waals surface area contributed by atoms with Crippen LogP contribution in [0.2, 0.25) is 0 Å². The van der Waals surface area contributed by atoms with Crippen molar-refractivity contribution in [2.45, 2.75) is 18.9 Å². The molecule has 1 unspecified atom stereocenters. The Morgan fingerprint density at radius 1 is 1.35 bits per heavy atom. The highest BCUT2D eigenvalue weighted by Crippen LogP contribution is 2.12. The number of morpholine rings is 1. The van der Waals surface area contributed by atoms with E-state index in [0.717, 1.165) is 5.56 Å². The van der Waals surface area contributed by atoms with Gasteiger partial charge in [0.25, 0.3) is 0 Å². The van der Waals surface area contributed by atoms with Gasteiger partial charge in [0.05, 0.1) is 13.2 Å². The van der Waals surface area contributed by atoms with Crippen LogP contribution in [0.1, 0.15) is 12.0 Å². The highest BCUT2D eigenvalue weighted by Gasteiger charge is 2.32. The fourth-order valence-electron chi connectivity index (χ4n) is 2.15. The summed E-state index contributed by atoms with van der Waals surface area (Å²) in [7, 11) is 0. The second kappa shape index (κ2) is 6.47. The molecule has 1 aliphatic heterocycles. The van der Waals surface area contributed by atoms with Gasteiger partial charge in [-0.3, -0.25) is 4.79 Å². The van der Waals surface area contributed by atoms with Crippen LogP contribution in [0.5, 0.6) is 0 Å². The number of ether oxygens (including phenoxy) is 1. The van der Waals surface area contributed by atoms with Crippen LogP contribution in [0.4, 0.5) is 4.39 Å². The minimum Gasteiger partial charge on any atom is -0.480 e. The number of amides is 1. The largest absolute Gasteiger partial charge is 0.480 e. The molecule has 0 saturated carbocycles. The molecule has 1 N–H and O–H groups in total. The van der Waals surface area contributed by atoms with Gasteiger partial charge in [0.2, 0.25) is 5.91 Å². The molecule has 1 amide bonds. The molecule has 0 aliphatic carbocycles. The van der Waals surface area contributed by atoms with Gasteiger partial charge in [-0.15, -0.1) is 0 Å². The third-order valence-corrected chi connectivity index (χ3v) is 3.27. The minimum absolute atomic E-state index is 0.0254. The molecule has 0 radical (unpaired) electrons. The minimum atomic E-state index is -1.06. The fourth-order valence-corrected chi connectivity index (χ4v) is 2.15. The summed E-state index contributed by atoms with van der Waals surface area (Å²) in [6, 6.07) is 5.01. The number of rotatable bonds is 4. The van der Waals surface area contributed by atoms with Crippen LogP contribution in [0.15, 0.2) is 24.3 Å². The number of carbonyl (C=O) groups is 2. The molecule has 0 spiro atoms. The third kappa shape index (κ3) is 3.54. The number of nitrogens with zero attached hydrogens (tertiary/aromatic N) is 1. The molecule has 0 aromatic heterocycles. The van der Waals surface area contributed by atoms with Gasteiger partial charge in [-0.2, -0.15) is 0 Å². The molecule has 1 heterocycles. The van der Waals surface area contributed by atoms with Crippen molar-refractivity contribution in [2.24, 2.45) is 0 Å². The Morgan fingerprint density at radius 2 is 2.05 bits per heavy atom. The zero-order valence-electron chi connectivity index (χ0n) is 10.9. The number of hydrogen-bond donors (Lipinski definition) is 1. The van der Waals surface area contributed by atoms with Crippen LogP contribution >= 0.6 is 0 Å². The van der Waals surface area contributed by atoms with Gasteiger partial charge in [-0.1, -0.05) is 12.1 Å². The van der Waals surface area contributed by atoms with E-state index in [0.29, 0.717) is 19.6 Å². The number of carboxylic acids is 1. The van der Waals surface area contributed by atoms with Gasteiger partial charge < -0.3 is 14.7 Å². The van der Waals surface area contributed by atoms with Gasteiger partial charge in [-0.05, 0) is 24.1 Å². The average molecular weight is 281 g/mol. The summed E-state index contributed by atoms with van der Waals surface area (Å²) in [6.07, 6.45) is 0.665. The number of carboxylic acid groups (broad SMARTS) is 1. The average Bonchev–Trinajstić information content (AvgIpc) is 2.46. The van der Waals surface area contributed by atoms with Crippen LogP contribution in [-0.4, -0.2) is 47.7 Å². The van der Waals surface area contributed by atoms with Crippen molar-refractivity contribution in [3.05, 3.63) is 35.6 Å².